The molecule has 0 radical (unpaired) electrons. The minimum Gasteiger partial charge on any atom is -0.456 e. The summed E-state index contributed by atoms with van der Waals surface area (Å²) in [5, 5.41) is 3.30. The zero-order valence-electron chi connectivity index (χ0n) is 21.7. The molecular formula is C30H31N3O4S. The summed E-state index contributed by atoms with van der Waals surface area (Å²) >= 11 is 0. The van der Waals surface area contributed by atoms with Gasteiger partial charge in [-0.05, 0) is 74.4 Å². The van der Waals surface area contributed by atoms with Crippen molar-refractivity contribution >= 4 is 27.4 Å². The molecule has 0 fully saturated rings. The van der Waals surface area contributed by atoms with E-state index in [2.05, 4.69) is 10.3 Å². The molecule has 4 aromatic rings. The van der Waals surface area contributed by atoms with E-state index in [4.69, 9.17) is 4.74 Å². The Bertz CT molecular complexity index is 1470. The summed E-state index contributed by atoms with van der Waals surface area (Å²) in [4.78, 5) is 16.9. The van der Waals surface area contributed by atoms with Gasteiger partial charge in [-0.2, -0.15) is 0 Å². The highest BCUT2D eigenvalue weighted by molar-refractivity contribution is 7.92. The molecule has 0 unspecified atom stereocenters. The maximum absolute atomic E-state index is 13.6. The second kappa shape index (κ2) is 11.5. The zero-order chi connectivity index (χ0) is 27.2. The Hall–Kier alpha value is -4.17. The maximum Gasteiger partial charge on any atom is 0.340 e. The van der Waals surface area contributed by atoms with Crippen LogP contribution in [0.1, 0.15) is 42.3 Å². The fraction of sp³-hybridized carbons (Fsp3) is 0.200. The van der Waals surface area contributed by atoms with Gasteiger partial charge in [0.15, 0.2) is 0 Å². The van der Waals surface area contributed by atoms with Gasteiger partial charge >= 0.3 is 5.97 Å². The van der Waals surface area contributed by atoms with Crippen LogP contribution >= 0.6 is 0 Å². The van der Waals surface area contributed by atoms with Crippen molar-refractivity contribution < 1.29 is 17.9 Å². The van der Waals surface area contributed by atoms with Crippen LogP contribution < -0.4 is 9.62 Å². The summed E-state index contributed by atoms with van der Waals surface area (Å²) in [7, 11) is -3.80. The third-order valence-electron chi connectivity index (χ3n) is 5.67. The van der Waals surface area contributed by atoms with Gasteiger partial charge in [-0.25, -0.2) is 13.2 Å². The lowest BCUT2D eigenvalue weighted by atomic mass is 10.1. The average molecular weight is 530 g/mol. The molecule has 1 aromatic heterocycles. The quantitative estimate of drug-likeness (QED) is 0.266. The molecule has 0 amide bonds. The Morgan fingerprint density at radius 3 is 2.16 bits per heavy atom. The number of esters is 1. The number of benzene rings is 3. The van der Waals surface area contributed by atoms with E-state index in [0.717, 1.165) is 16.8 Å². The molecule has 1 N–H and O–H groups in total. The van der Waals surface area contributed by atoms with E-state index in [0.29, 0.717) is 17.8 Å². The van der Waals surface area contributed by atoms with Crippen molar-refractivity contribution in [3.05, 3.63) is 120 Å². The van der Waals surface area contributed by atoms with E-state index in [1.54, 1.807) is 54.7 Å². The molecule has 0 aliphatic heterocycles. The molecule has 4 rings (SSSR count). The minimum atomic E-state index is -3.80. The van der Waals surface area contributed by atoms with Crippen molar-refractivity contribution in [1.29, 1.82) is 0 Å². The predicted molar refractivity (Wildman–Crippen MR) is 149 cm³/mol. The van der Waals surface area contributed by atoms with Gasteiger partial charge in [-0.15, -0.1) is 0 Å². The number of rotatable bonds is 9. The van der Waals surface area contributed by atoms with Crippen molar-refractivity contribution in [3.8, 4) is 0 Å². The van der Waals surface area contributed by atoms with Gasteiger partial charge in [0.2, 0.25) is 0 Å². The number of hydrogen-bond acceptors (Lipinski definition) is 6. The normalized spacial score (nSPS) is 11.6. The lowest BCUT2D eigenvalue weighted by Crippen LogP contribution is -2.30. The first-order valence-corrected chi connectivity index (χ1v) is 13.7. The topological polar surface area (TPSA) is 88.6 Å². The van der Waals surface area contributed by atoms with Crippen molar-refractivity contribution in [1.82, 2.24) is 4.98 Å². The number of anilines is 2. The SMILES string of the molecule is CC(C)(C)OC(=O)c1cnccc1CNc1ccc(N(Cc2ccccc2)S(=O)(=O)c2ccccc2)cc1. The van der Waals surface area contributed by atoms with E-state index in [-0.39, 0.29) is 11.4 Å². The summed E-state index contributed by atoms with van der Waals surface area (Å²) in [6, 6.07) is 26.9. The summed E-state index contributed by atoms with van der Waals surface area (Å²) in [6.45, 7) is 6.02. The lowest BCUT2D eigenvalue weighted by Gasteiger charge is -2.25. The molecule has 0 atom stereocenters. The average Bonchev–Trinajstić information content (AvgIpc) is 2.91. The molecule has 0 saturated carbocycles. The molecule has 0 saturated heterocycles. The van der Waals surface area contributed by atoms with E-state index < -0.39 is 21.6 Å². The number of carbonyl (C=O) groups is 1. The fourth-order valence-corrected chi connectivity index (χ4v) is 5.29. The van der Waals surface area contributed by atoms with Crippen LogP contribution in [0.15, 0.2) is 108 Å². The molecule has 7 nitrogen and oxygen atoms in total. The van der Waals surface area contributed by atoms with Crippen LogP contribution in [-0.4, -0.2) is 25.0 Å². The first-order valence-electron chi connectivity index (χ1n) is 12.3. The molecule has 0 spiro atoms. The number of pyridine rings is 1. The molecule has 1 heterocycles. The van der Waals surface area contributed by atoms with E-state index in [1.165, 1.54) is 10.5 Å². The van der Waals surface area contributed by atoms with Gasteiger partial charge < -0.3 is 10.1 Å². The first kappa shape index (κ1) is 26.9. The predicted octanol–water partition coefficient (Wildman–Crippen LogP) is 6.04. The van der Waals surface area contributed by atoms with Crippen LogP contribution in [0.5, 0.6) is 0 Å². The molecule has 38 heavy (non-hydrogen) atoms. The minimum absolute atomic E-state index is 0.196. The highest BCUT2D eigenvalue weighted by Gasteiger charge is 2.25. The van der Waals surface area contributed by atoms with Gasteiger partial charge in [0, 0.05) is 24.6 Å². The van der Waals surface area contributed by atoms with Gasteiger partial charge in [-0.3, -0.25) is 9.29 Å². The number of nitrogens with zero attached hydrogens (tertiary/aromatic N) is 2. The Morgan fingerprint density at radius 2 is 1.53 bits per heavy atom. The number of hydrogen-bond donors (Lipinski definition) is 1. The highest BCUT2D eigenvalue weighted by Crippen LogP contribution is 2.27. The highest BCUT2D eigenvalue weighted by atomic mass is 32.2. The first-order chi connectivity index (χ1) is 18.1. The van der Waals surface area contributed by atoms with Crippen LogP contribution in [0, 0.1) is 0 Å². The van der Waals surface area contributed by atoms with Crippen molar-refractivity contribution in [2.45, 2.75) is 44.4 Å². The van der Waals surface area contributed by atoms with Crippen LogP contribution in [-0.2, 0) is 27.8 Å². The Labute approximate surface area is 224 Å². The lowest BCUT2D eigenvalue weighted by molar-refractivity contribution is 0.00679. The summed E-state index contributed by atoms with van der Waals surface area (Å²) in [5.74, 6) is -0.430. The fourth-order valence-electron chi connectivity index (χ4n) is 3.82. The van der Waals surface area contributed by atoms with E-state index in [9.17, 15) is 13.2 Å². The Balaban J connectivity index is 1.55. The maximum atomic E-state index is 13.6. The third-order valence-corrected chi connectivity index (χ3v) is 7.46. The van der Waals surface area contributed by atoms with Crippen LogP contribution in [0.4, 0.5) is 11.4 Å². The van der Waals surface area contributed by atoms with Crippen molar-refractivity contribution in [2.24, 2.45) is 0 Å². The zero-order valence-corrected chi connectivity index (χ0v) is 22.5. The largest absolute Gasteiger partial charge is 0.456 e. The molecule has 0 bridgehead atoms. The van der Waals surface area contributed by atoms with Crippen molar-refractivity contribution in [2.75, 3.05) is 9.62 Å². The number of nitrogens with one attached hydrogen (secondary N) is 1. The molecule has 0 aliphatic carbocycles. The van der Waals surface area contributed by atoms with Crippen LogP contribution in [0.25, 0.3) is 0 Å². The van der Waals surface area contributed by atoms with Gasteiger partial charge in [-0.1, -0.05) is 48.5 Å². The van der Waals surface area contributed by atoms with Crippen molar-refractivity contribution in [3.63, 3.8) is 0 Å². The number of ether oxygens (including phenoxy) is 1. The summed E-state index contributed by atoms with van der Waals surface area (Å²) < 4.78 is 34.1. The van der Waals surface area contributed by atoms with E-state index >= 15 is 0 Å². The molecule has 196 valence electrons. The van der Waals surface area contributed by atoms with Gasteiger partial charge in [0.05, 0.1) is 22.7 Å². The molecule has 8 heteroatoms. The monoisotopic (exact) mass is 529 g/mol. The second-order valence-electron chi connectivity index (χ2n) is 9.75. The third kappa shape index (κ3) is 6.77. The van der Waals surface area contributed by atoms with Crippen LogP contribution in [0.3, 0.4) is 0 Å². The van der Waals surface area contributed by atoms with Crippen LogP contribution in [0.2, 0.25) is 0 Å². The summed E-state index contributed by atoms with van der Waals surface area (Å²) in [5.41, 5.74) is 2.73. The van der Waals surface area contributed by atoms with E-state index in [1.807, 2.05) is 63.2 Å². The molecular weight excluding hydrogens is 498 g/mol. The Morgan fingerprint density at radius 1 is 0.895 bits per heavy atom. The number of carbonyl (C=O) groups excluding carboxylic acids is 1. The standard InChI is InChI=1S/C30H31N3O4S/c1-30(2,3)37-29(34)28-21-31-19-18-24(28)20-32-25-14-16-26(17-15-25)33(22-23-10-6-4-7-11-23)38(35,36)27-12-8-5-9-13-27/h4-19,21,32H,20,22H2,1-3H3. The van der Waals surface area contributed by atoms with Gasteiger partial charge in [0.25, 0.3) is 10.0 Å². The number of sulfonamides is 1. The second-order valence-corrected chi connectivity index (χ2v) is 11.6. The summed E-state index contributed by atoms with van der Waals surface area (Å²) in [6.07, 6.45) is 3.13. The Kier molecular flexibility index (Phi) is 8.12. The number of aromatic nitrogens is 1. The molecule has 3 aromatic carbocycles. The van der Waals surface area contributed by atoms with Gasteiger partial charge in [0.1, 0.15) is 5.60 Å². The smallest absolute Gasteiger partial charge is 0.340 e. The molecule has 0 aliphatic rings.